The van der Waals surface area contributed by atoms with Gasteiger partial charge < -0.3 is 16.0 Å². The number of aryl methyl sites for hydroxylation is 1. The van der Waals surface area contributed by atoms with E-state index in [0.29, 0.717) is 34.7 Å². The highest BCUT2D eigenvalue weighted by molar-refractivity contribution is 7.18. The third-order valence-corrected chi connectivity index (χ3v) is 5.30. The van der Waals surface area contributed by atoms with Crippen LogP contribution in [0, 0.1) is 12.7 Å². The first kappa shape index (κ1) is 17.7. The van der Waals surface area contributed by atoms with Crippen LogP contribution in [0.4, 0.5) is 10.3 Å². The van der Waals surface area contributed by atoms with Crippen molar-refractivity contribution >= 4 is 33.5 Å². The van der Waals surface area contributed by atoms with Crippen LogP contribution in [-0.2, 0) is 0 Å². The number of likely N-dealkylation sites (tertiary alicyclic amines) is 1. The van der Waals surface area contributed by atoms with Crippen molar-refractivity contribution in [2.45, 2.75) is 25.9 Å². The topological polar surface area (TPSA) is 110 Å². The van der Waals surface area contributed by atoms with Gasteiger partial charge in [0.25, 0.3) is 5.91 Å². The normalized spacial score (nSPS) is 15.6. The third kappa shape index (κ3) is 3.45. The van der Waals surface area contributed by atoms with E-state index in [0.717, 1.165) is 11.2 Å². The van der Waals surface area contributed by atoms with Crippen LogP contribution in [-0.4, -0.2) is 49.9 Å². The summed E-state index contributed by atoms with van der Waals surface area (Å²) in [4.78, 5) is 31.6. The lowest BCUT2D eigenvalue weighted by Crippen LogP contribution is -2.58. The van der Waals surface area contributed by atoms with Crippen molar-refractivity contribution in [3.63, 3.8) is 0 Å². The van der Waals surface area contributed by atoms with Crippen LogP contribution in [0.2, 0.25) is 0 Å². The highest BCUT2D eigenvalue weighted by atomic mass is 32.1. The molecule has 10 heteroatoms. The van der Waals surface area contributed by atoms with Gasteiger partial charge >= 0.3 is 0 Å². The third-order valence-electron chi connectivity index (χ3n) is 4.33. The molecule has 1 aliphatic rings. The highest BCUT2D eigenvalue weighted by Crippen LogP contribution is 2.27. The molecule has 27 heavy (non-hydrogen) atoms. The van der Waals surface area contributed by atoms with Crippen molar-refractivity contribution in [1.82, 2.24) is 24.8 Å². The Morgan fingerprint density at radius 2 is 2.15 bits per heavy atom. The lowest BCUT2D eigenvalue weighted by atomic mass is 10.1. The van der Waals surface area contributed by atoms with Crippen molar-refractivity contribution in [2.24, 2.45) is 5.73 Å². The van der Waals surface area contributed by atoms with Gasteiger partial charge in [0.1, 0.15) is 10.5 Å². The summed E-state index contributed by atoms with van der Waals surface area (Å²) < 4.78 is 14.1. The molecule has 3 aromatic rings. The number of aromatic nitrogens is 4. The molecule has 140 valence electrons. The average Bonchev–Trinajstić information content (AvgIpc) is 2.97. The van der Waals surface area contributed by atoms with E-state index in [-0.39, 0.29) is 23.9 Å². The van der Waals surface area contributed by atoms with E-state index in [2.05, 4.69) is 25.3 Å². The molecule has 3 N–H and O–H groups in total. The lowest BCUT2D eigenvalue weighted by Gasteiger charge is -2.36. The second-order valence-corrected chi connectivity index (χ2v) is 7.76. The van der Waals surface area contributed by atoms with Gasteiger partial charge in [0.15, 0.2) is 11.3 Å². The molecule has 1 atom stereocenters. The maximum Gasteiger partial charge on any atom is 0.274 e. The molecular formula is C17H18FN7OS. The predicted molar refractivity (Wildman–Crippen MR) is 100 cm³/mol. The number of halogens is 1. The first-order valence-corrected chi connectivity index (χ1v) is 9.29. The molecule has 0 aromatic carbocycles. The molecule has 3 aromatic heterocycles. The number of carbonyl (C=O) groups excluding carboxylic acids is 1. The van der Waals surface area contributed by atoms with Gasteiger partial charge in [0.05, 0.1) is 17.2 Å². The summed E-state index contributed by atoms with van der Waals surface area (Å²) in [6.07, 6.45) is 2.71. The number of rotatable bonds is 4. The first-order valence-electron chi connectivity index (χ1n) is 8.47. The first-order chi connectivity index (χ1) is 12.9. The van der Waals surface area contributed by atoms with E-state index < -0.39 is 5.82 Å². The largest absolute Gasteiger partial charge is 0.348 e. The summed E-state index contributed by atoms with van der Waals surface area (Å²) in [5.41, 5.74) is 7.21. The van der Waals surface area contributed by atoms with Crippen molar-refractivity contribution < 1.29 is 9.18 Å². The minimum atomic E-state index is -0.419. The summed E-state index contributed by atoms with van der Waals surface area (Å²) >= 11 is 1.38. The van der Waals surface area contributed by atoms with Gasteiger partial charge in [0.2, 0.25) is 5.95 Å². The molecule has 1 saturated heterocycles. The van der Waals surface area contributed by atoms with Gasteiger partial charge in [-0.15, -0.1) is 11.3 Å². The zero-order chi connectivity index (χ0) is 19.1. The molecule has 0 spiro atoms. The van der Waals surface area contributed by atoms with Crippen LogP contribution < -0.4 is 11.1 Å². The van der Waals surface area contributed by atoms with Gasteiger partial charge in [-0.2, -0.15) is 4.98 Å². The number of amides is 1. The molecule has 0 radical (unpaired) electrons. The SMILES string of the molecule is Cc1nc2nc(NC(C)c3cncc(F)c3)nc(C(=O)N3CC(N)C3)c2s1. The Labute approximate surface area is 158 Å². The Hall–Kier alpha value is -2.72. The zero-order valence-corrected chi connectivity index (χ0v) is 15.6. The fourth-order valence-corrected chi connectivity index (χ4v) is 3.75. The molecule has 1 aliphatic heterocycles. The molecule has 8 nitrogen and oxygen atoms in total. The predicted octanol–water partition coefficient (Wildman–Crippen LogP) is 1.89. The van der Waals surface area contributed by atoms with Gasteiger partial charge in [0, 0.05) is 25.3 Å². The standard InChI is InChI=1S/C17H18FN7OS/c1-8(10-3-11(18)5-20-4-10)21-17-23-13(16(26)25-6-12(19)7-25)14-15(24-17)22-9(2)27-14/h3-5,8,12H,6-7,19H2,1-2H3,(H,21,23,24). The van der Waals surface area contributed by atoms with Crippen molar-refractivity contribution in [2.75, 3.05) is 18.4 Å². The summed E-state index contributed by atoms with van der Waals surface area (Å²) in [7, 11) is 0. The van der Waals surface area contributed by atoms with Gasteiger partial charge in [-0.1, -0.05) is 0 Å². The molecule has 0 bridgehead atoms. The number of thiazole rings is 1. The van der Waals surface area contributed by atoms with Crippen LogP contribution in [0.25, 0.3) is 10.3 Å². The van der Waals surface area contributed by atoms with Gasteiger partial charge in [-0.05, 0) is 25.5 Å². The number of nitrogens with zero attached hydrogens (tertiary/aromatic N) is 5. The van der Waals surface area contributed by atoms with Gasteiger partial charge in [-0.25, -0.2) is 14.4 Å². The van der Waals surface area contributed by atoms with E-state index in [1.54, 1.807) is 11.1 Å². The summed E-state index contributed by atoms with van der Waals surface area (Å²) in [6, 6.07) is 1.10. The van der Waals surface area contributed by atoms with Crippen molar-refractivity contribution in [1.29, 1.82) is 0 Å². The number of carbonyl (C=O) groups is 1. The minimum Gasteiger partial charge on any atom is -0.348 e. The quantitative estimate of drug-likeness (QED) is 0.703. The van der Waals surface area contributed by atoms with Gasteiger partial charge in [-0.3, -0.25) is 9.78 Å². The number of fused-ring (bicyclic) bond motifs is 1. The fraction of sp³-hybridized carbons (Fsp3) is 0.353. The summed E-state index contributed by atoms with van der Waals surface area (Å²) in [5, 5.41) is 3.91. The zero-order valence-electron chi connectivity index (χ0n) is 14.8. The highest BCUT2D eigenvalue weighted by Gasteiger charge is 2.31. The van der Waals surface area contributed by atoms with Crippen LogP contribution in [0.3, 0.4) is 0 Å². The molecule has 0 saturated carbocycles. The second-order valence-electron chi connectivity index (χ2n) is 6.55. The number of hydrogen-bond donors (Lipinski definition) is 2. The minimum absolute atomic E-state index is 0.00701. The number of nitrogens with two attached hydrogens (primary N) is 1. The maximum atomic E-state index is 13.4. The van der Waals surface area contributed by atoms with E-state index in [9.17, 15) is 9.18 Å². The van der Waals surface area contributed by atoms with E-state index in [1.165, 1.54) is 17.4 Å². The molecule has 1 fully saturated rings. The number of pyridine rings is 1. The fourth-order valence-electron chi connectivity index (χ4n) is 2.91. The van der Waals surface area contributed by atoms with Crippen LogP contribution in [0.15, 0.2) is 18.5 Å². The molecule has 1 unspecified atom stereocenters. The monoisotopic (exact) mass is 387 g/mol. The average molecular weight is 387 g/mol. The molecule has 0 aliphatic carbocycles. The number of hydrogen-bond acceptors (Lipinski definition) is 8. The Morgan fingerprint density at radius 3 is 2.85 bits per heavy atom. The Kier molecular flexibility index (Phi) is 4.44. The number of nitrogens with one attached hydrogen (secondary N) is 1. The smallest absolute Gasteiger partial charge is 0.274 e. The Balaban J connectivity index is 1.68. The van der Waals surface area contributed by atoms with E-state index in [1.807, 2.05) is 13.8 Å². The second kappa shape index (κ2) is 6.78. The lowest BCUT2D eigenvalue weighted by molar-refractivity contribution is 0.0604. The summed E-state index contributed by atoms with van der Waals surface area (Å²) in [6.45, 7) is 4.72. The number of anilines is 1. The Morgan fingerprint density at radius 1 is 1.37 bits per heavy atom. The van der Waals surface area contributed by atoms with Crippen LogP contribution >= 0.6 is 11.3 Å². The molecule has 4 rings (SSSR count). The Bertz CT molecular complexity index is 1020. The van der Waals surface area contributed by atoms with Crippen LogP contribution in [0.1, 0.15) is 34.0 Å². The van der Waals surface area contributed by atoms with Crippen molar-refractivity contribution in [3.05, 3.63) is 40.5 Å². The van der Waals surface area contributed by atoms with Crippen molar-refractivity contribution in [3.8, 4) is 0 Å². The van der Waals surface area contributed by atoms with E-state index >= 15 is 0 Å². The maximum absolute atomic E-state index is 13.4. The molecular weight excluding hydrogens is 369 g/mol. The molecule has 1 amide bonds. The molecule has 4 heterocycles. The van der Waals surface area contributed by atoms with Crippen LogP contribution in [0.5, 0.6) is 0 Å². The van der Waals surface area contributed by atoms with E-state index in [4.69, 9.17) is 5.73 Å². The summed E-state index contributed by atoms with van der Waals surface area (Å²) in [5.74, 6) is -0.341.